The van der Waals surface area contributed by atoms with Crippen molar-refractivity contribution in [3.8, 4) is 33.9 Å². The molecule has 1 N–H and O–H groups in total. The van der Waals surface area contributed by atoms with E-state index in [9.17, 15) is 4.79 Å². The van der Waals surface area contributed by atoms with Crippen LogP contribution < -0.4 is 5.43 Å². The Bertz CT molecular complexity index is 1870. The number of carbonyl (C=O) groups is 1. The van der Waals surface area contributed by atoms with Crippen LogP contribution in [0.4, 0.5) is 0 Å². The van der Waals surface area contributed by atoms with E-state index < -0.39 is 0 Å². The number of carbonyl (C=O) groups excluding carboxylic acids is 1. The summed E-state index contributed by atoms with van der Waals surface area (Å²) >= 11 is 6.58. The quantitative estimate of drug-likeness (QED) is 0.152. The standard InChI is InChI=1S/C36H29ClN4O/c1-25-18-19-26(2)40(25)31-20-21-32(33(37)23-31)36(42)39-38-24-29-22-34(27-12-6-3-7-13-27)41(30-16-10-5-11-17-30)35(29)28-14-8-4-9-15-28/h3-24H,1-2H3,(H,39,42)/b38-24-. The molecule has 5 nitrogen and oxygen atoms in total. The second-order valence-electron chi connectivity index (χ2n) is 10.1. The first-order valence-corrected chi connectivity index (χ1v) is 14.1. The molecule has 4 aromatic carbocycles. The molecule has 0 atom stereocenters. The maximum absolute atomic E-state index is 13.1. The molecule has 0 aliphatic rings. The average molecular weight is 569 g/mol. The molecule has 6 rings (SSSR count). The summed E-state index contributed by atoms with van der Waals surface area (Å²) in [5, 5.41) is 4.75. The lowest BCUT2D eigenvalue weighted by molar-refractivity contribution is 0.0955. The first-order valence-electron chi connectivity index (χ1n) is 13.7. The van der Waals surface area contributed by atoms with Crippen LogP contribution in [-0.2, 0) is 0 Å². The largest absolute Gasteiger partial charge is 0.318 e. The fourth-order valence-electron chi connectivity index (χ4n) is 5.31. The Hall–Kier alpha value is -5.13. The molecule has 0 fully saturated rings. The van der Waals surface area contributed by atoms with Gasteiger partial charge in [-0.05, 0) is 73.5 Å². The molecular weight excluding hydrogens is 540 g/mol. The van der Waals surface area contributed by atoms with E-state index in [0.717, 1.165) is 50.8 Å². The second-order valence-corrected chi connectivity index (χ2v) is 10.5. The maximum Gasteiger partial charge on any atom is 0.272 e. The lowest BCUT2D eigenvalue weighted by Gasteiger charge is -2.15. The molecule has 0 unspecified atom stereocenters. The molecule has 2 aromatic heterocycles. The Morgan fingerprint density at radius 2 is 1.29 bits per heavy atom. The second kappa shape index (κ2) is 11.8. The van der Waals surface area contributed by atoms with E-state index in [1.807, 2.05) is 74.5 Å². The van der Waals surface area contributed by atoms with Gasteiger partial charge in [0.2, 0.25) is 0 Å². The van der Waals surface area contributed by atoms with E-state index in [0.29, 0.717) is 10.6 Å². The normalized spacial score (nSPS) is 11.2. The van der Waals surface area contributed by atoms with Crippen LogP contribution in [0.2, 0.25) is 5.02 Å². The summed E-state index contributed by atoms with van der Waals surface area (Å²) in [6, 6.07) is 42.3. The Kier molecular flexibility index (Phi) is 7.58. The van der Waals surface area contributed by atoms with Gasteiger partial charge in [0, 0.05) is 28.3 Å². The number of nitrogens with one attached hydrogen (secondary N) is 1. The third-order valence-corrected chi connectivity index (χ3v) is 7.57. The molecule has 0 spiro atoms. The highest BCUT2D eigenvalue weighted by Gasteiger charge is 2.19. The van der Waals surface area contributed by atoms with Crippen LogP contribution >= 0.6 is 11.6 Å². The van der Waals surface area contributed by atoms with Gasteiger partial charge in [0.15, 0.2) is 0 Å². The average Bonchev–Trinajstić information content (AvgIpc) is 3.57. The number of aryl methyl sites for hydroxylation is 2. The summed E-state index contributed by atoms with van der Waals surface area (Å²) in [5.74, 6) is -0.379. The lowest BCUT2D eigenvalue weighted by Crippen LogP contribution is -2.18. The van der Waals surface area contributed by atoms with Crippen molar-refractivity contribution in [1.29, 1.82) is 0 Å². The zero-order valence-electron chi connectivity index (χ0n) is 23.3. The molecule has 0 bridgehead atoms. The SMILES string of the molecule is Cc1ccc(C)n1-c1ccc(C(=O)N/N=C\c2cc(-c3ccccc3)n(-c3ccccc3)c2-c2ccccc2)c(Cl)c1. The van der Waals surface area contributed by atoms with Gasteiger partial charge in [-0.15, -0.1) is 0 Å². The number of benzene rings is 4. The minimum absolute atomic E-state index is 0.357. The molecule has 42 heavy (non-hydrogen) atoms. The summed E-state index contributed by atoms with van der Waals surface area (Å²) in [6.45, 7) is 4.07. The van der Waals surface area contributed by atoms with E-state index >= 15 is 0 Å². The summed E-state index contributed by atoms with van der Waals surface area (Å²) in [6.07, 6.45) is 1.70. The molecule has 2 heterocycles. The molecular formula is C36H29ClN4O. The number of hydrogen-bond acceptors (Lipinski definition) is 2. The topological polar surface area (TPSA) is 51.3 Å². The molecule has 0 saturated carbocycles. The minimum Gasteiger partial charge on any atom is -0.318 e. The minimum atomic E-state index is -0.379. The van der Waals surface area contributed by atoms with Crippen molar-refractivity contribution >= 4 is 23.7 Å². The first-order chi connectivity index (χ1) is 20.5. The van der Waals surface area contributed by atoms with E-state index in [4.69, 9.17) is 11.6 Å². The van der Waals surface area contributed by atoms with Gasteiger partial charge >= 0.3 is 0 Å². The van der Waals surface area contributed by atoms with Gasteiger partial charge in [0.1, 0.15) is 0 Å². The number of para-hydroxylation sites is 1. The van der Waals surface area contributed by atoms with Crippen LogP contribution in [-0.4, -0.2) is 21.3 Å². The third-order valence-electron chi connectivity index (χ3n) is 7.26. The van der Waals surface area contributed by atoms with Gasteiger partial charge in [-0.2, -0.15) is 5.10 Å². The van der Waals surface area contributed by atoms with Crippen LogP contribution in [0.3, 0.4) is 0 Å². The Labute approximate surface area is 250 Å². The lowest BCUT2D eigenvalue weighted by atomic mass is 10.1. The van der Waals surface area contributed by atoms with Gasteiger partial charge in [0.05, 0.1) is 28.2 Å². The number of aromatic nitrogens is 2. The molecule has 0 aliphatic carbocycles. The highest BCUT2D eigenvalue weighted by Crippen LogP contribution is 2.35. The van der Waals surface area contributed by atoms with Gasteiger partial charge in [-0.25, -0.2) is 5.43 Å². The fourth-order valence-corrected chi connectivity index (χ4v) is 5.57. The van der Waals surface area contributed by atoms with E-state index in [1.54, 1.807) is 18.3 Å². The third kappa shape index (κ3) is 5.30. The van der Waals surface area contributed by atoms with Crippen molar-refractivity contribution in [2.45, 2.75) is 13.8 Å². The van der Waals surface area contributed by atoms with Crippen LogP contribution in [0.15, 0.2) is 132 Å². The smallest absolute Gasteiger partial charge is 0.272 e. The molecule has 1 amide bonds. The van der Waals surface area contributed by atoms with E-state index in [2.05, 4.69) is 74.3 Å². The number of amides is 1. The van der Waals surface area contributed by atoms with Crippen LogP contribution in [0.1, 0.15) is 27.3 Å². The molecule has 0 aliphatic heterocycles. The summed E-state index contributed by atoms with van der Waals surface area (Å²) < 4.78 is 4.33. The zero-order valence-corrected chi connectivity index (χ0v) is 24.1. The van der Waals surface area contributed by atoms with Crippen molar-refractivity contribution < 1.29 is 4.79 Å². The van der Waals surface area contributed by atoms with Crippen LogP contribution in [0.25, 0.3) is 33.9 Å². The van der Waals surface area contributed by atoms with E-state index in [-0.39, 0.29) is 5.91 Å². The summed E-state index contributed by atoms with van der Waals surface area (Å²) in [5.41, 5.74) is 12.1. The molecule has 6 aromatic rings. The predicted octanol–water partition coefficient (Wildman–Crippen LogP) is 8.64. The number of rotatable bonds is 7. The van der Waals surface area contributed by atoms with Crippen LogP contribution in [0.5, 0.6) is 0 Å². The number of halogens is 1. The fraction of sp³-hybridized carbons (Fsp3) is 0.0556. The van der Waals surface area contributed by atoms with Crippen molar-refractivity contribution in [3.63, 3.8) is 0 Å². The molecule has 6 heteroatoms. The number of nitrogens with zero attached hydrogens (tertiary/aromatic N) is 3. The van der Waals surface area contributed by atoms with Crippen molar-refractivity contribution in [1.82, 2.24) is 14.6 Å². The molecule has 0 radical (unpaired) electrons. The van der Waals surface area contributed by atoms with Gasteiger partial charge in [0.25, 0.3) is 5.91 Å². The molecule has 0 saturated heterocycles. The Morgan fingerprint density at radius 1 is 0.690 bits per heavy atom. The van der Waals surface area contributed by atoms with Gasteiger partial charge in [-0.3, -0.25) is 4.79 Å². The predicted molar refractivity (Wildman–Crippen MR) is 172 cm³/mol. The number of hydrogen-bond donors (Lipinski definition) is 1. The highest BCUT2D eigenvalue weighted by molar-refractivity contribution is 6.34. The Balaban J connectivity index is 1.37. The van der Waals surface area contributed by atoms with Crippen LogP contribution in [0, 0.1) is 13.8 Å². The Morgan fingerprint density at radius 3 is 1.90 bits per heavy atom. The summed E-state index contributed by atoms with van der Waals surface area (Å²) in [7, 11) is 0. The van der Waals surface area contributed by atoms with Gasteiger partial charge < -0.3 is 9.13 Å². The first kappa shape index (κ1) is 27.1. The monoisotopic (exact) mass is 568 g/mol. The van der Waals surface area contributed by atoms with Crippen molar-refractivity contribution in [2.24, 2.45) is 5.10 Å². The van der Waals surface area contributed by atoms with E-state index in [1.165, 1.54) is 0 Å². The molecule has 206 valence electrons. The van der Waals surface area contributed by atoms with Crippen molar-refractivity contribution in [3.05, 3.63) is 155 Å². The summed E-state index contributed by atoms with van der Waals surface area (Å²) in [4.78, 5) is 13.1. The highest BCUT2D eigenvalue weighted by atomic mass is 35.5. The maximum atomic E-state index is 13.1. The van der Waals surface area contributed by atoms with Crippen molar-refractivity contribution in [2.75, 3.05) is 0 Å². The zero-order chi connectivity index (χ0) is 29.1. The van der Waals surface area contributed by atoms with Gasteiger partial charge in [-0.1, -0.05) is 90.5 Å². The number of hydrazone groups is 1.